The number of rotatable bonds is 6. The standard InChI is InChI=1S/C19H18F4N4O3/c1-18(22,23)15-6-19(9-20,27-17(24)30-15)11-4-10(2-3-12(11)21)5-14(28)13-7-26-16(29)8-25-13/h2-4,7-8,15H,5-6,9H2,1H3,(H2,24,27)(H,26,29)/t15-,19+/m0/s1. The second-order valence-electron chi connectivity index (χ2n) is 7.09. The lowest BCUT2D eigenvalue weighted by molar-refractivity contribution is -0.106. The van der Waals surface area contributed by atoms with Gasteiger partial charge in [0.25, 0.3) is 17.5 Å². The summed E-state index contributed by atoms with van der Waals surface area (Å²) in [6.45, 7) is -0.721. The van der Waals surface area contributed by atoms with E-state index in [9.17, 15) is 27.2 Å². The molecule has 0 saturated carbocycles. The molecule has 0 saturated heterocycles. The van der Waals surface area contributed by atoms with Crippen molar-refractivity contribution in [1.29, 1.82) is 0 Å². The molecule has 2 atom stereocenters. The number of hydrogen-bond acceptors (Lipinski definition) is 6. The highest BCUT2D eigenvalue weighted by atomic mass is 19.3. The van der Waals surface area contributed by atoms with E-state index in [1.807, 2.05) is 0 Å². The molecule has 2 heterocycles. The molecule has 1 aromatic heterocycles. The fraction of sp³-hybridized carbons (Fsp3) is 0.368. The molecule has 1 aliphatic rings. The SMILES string of the molecule is CC(F)(F)[C@@H]1C[C@@](CF)(c2cc(CC(=O)c3c[nH]c(=O)cn3)ccc2F)N=C(N)O1. The van der Waals surface area contributed by atoms with Gasteiger partial charge < -0.3 is 15.5 Å². The van der Waals surface area contributed by atoms with E-state index in [4.69, 9.17) is 10.5 Å². The lowest BCUT2D eigenvalue weighted by Crippen LogP contribution is -2.48. The fourth-order valence-corrected chi connectivity index (χ4v) is 3.20. The Bertz CT molecular complexity index is 1030. The Hall–Kier alpha value is -3.24. The van der Waals surface area contributed by atoms with Gasteiger partial charge in [0.2, 0.25) is 0 Å². The molecule has 0 radical (unpaired) electrons. The van der Waals surface area contributed by atoms with Crippen LogP contribution in [-0.4, -0.2) is 40.5 Å². The molecule has 1 aromatic carbocycles. The quantitative estimate of drug-likeness (QED) is 0.544. The predicted octanol–water partition coefficient (Wildman–Crippen LogP) is 2.26. The number of carbonyl (C=O) groups excluding carboxylic acids is 1. The highest BCUT2D eigenvalue weighted by Gasteiger charge is 2.49. The number of aliphatic imine (C=N–C) groups is 1. The van der Waals surface area contributed by atoms with Crippen LogP contribution in [-0.2, 0) is 16.7 Å². The van der Waals surface area contributed by atoms with Gasteiger partial charge in [-0.1, -0.05) is 6.07 Å². The Morgan fingerprint density at radius 1 is 1.43 bits per heavy atom. The van der Waals surface area contributed by atoms with Crippen molar-refractivity contribution in [2.75, 3.05) is 6.67 Å². The van der Waals surface area contributed by atoms with Crippen molar-refractivity contribution in [2.24, 2.45) is 10.7 Å². The van der Waals surface area contributed by atoms with Gasteiger partial charge >= 0.3 is 0 Å². The van der Waals surface area contributed by atoms with Crippen LogP contribution < -0.4 is 11.3 Å². The van der Waals surface area contributed by atoms with Crippen molar-refractivity contribution < 1.29 is 27.1 Å². The maximum atomic E-state index is 14.6. The van der Waals surface area contributed by atoms with Gasteiger partial charge in [-0.15, -0.1) is 0 Å². The van der Waals surface area contributed by atoms with Crippen LogP contribution in [0.15, 0.2) is 40.4 Å². The highest BCUT2D eigenvalue weighted by molar-refractivity contribution is 5.95. The molecule has 7 nitrogen and oxygen atoms in total. The number of ether oxygens (including phenoxy) is 1. The van der Waals surface area contributed by atoms with Crippen LogP contribution >= 0.6 is 0 Å². The van der Waals surface area contributed by atoms with Crippen molar-refractivity contribution in [3.8, 4) is 0 Å². The predicted molar refractivity (Wildman–Crippen MR) is 98.7 cm³/mol. The Kier molecular flexibility index (Phi) is 5.64. The summed E-state index contributed by atoms with van der Waals surface area (Å²) in [6.07, 6.45) is -0.635. The van der Waals surface area contributed by atoms with Crippen molar-refractivity contribution in [3.05, 3.63) is 63.6 Å². The topological polar surface area (TPSA) is 110 Å². The fourth-order valence-electron chi connectivity index (χ4n) is 3.20. The summed E-state index contributed by atoms with van der Waals surface area (Å²) in [5.74, 6) is -4.75. The van der Waals surface area contributed by atoms with Gasteiger partial charge in [-0.3, -0.25) is 9.59 Å². The minimum absolute atomic E-state index is 0.0281. The van der Waals surface area contributed by atoms with Crippen molar-refractivity contribution in [3.63, 3.8) is 0 Å². The molecular weight excluding hydrogens is 408 g/mol. The zero-order chi connectivity index (χ0) is 22.1. The van der Waals surface area contributed by atoms with Crippen LogP contribution in [0.25, 0.3) is 0 Å². The van der Waals surface area contributed by atoms with E-state index in [0.29, 0.717) is 6.92 Å². The van der Waals surface area contributed by atoms with E-state index in [1.165, 1.54) is 12.1 Å². The number of alkyl halides is 3. The summed E-state index contributed by atoms with van der Waals surface area (Å²) in [7, 11) is 0. The number of amidine groups is 1. The second kappa shape index (κ2) is 7.88. The molecule has 30 heavy (non-hydrogen) atoms. The second-order valence-corrected chi connectivity index (χ2v) is 7.09. The summed E-state index contributed by atoms with van der Waals surface area (Å²) in [4.78, 5) is 33.3. The van der Waals surface area contributed by atoms with Crippen LogP contribution in [0.3, 0.4) is 0 Å². The Morgan fingerprint density at radius 2 is 2.17 bits per heavy atom. The van der Waals surface area contributed by atoms with Crippen molar-refractivity contribution in [2.45, 2.75) is 37.3 Å². The maximum Gasteiger partial charge on any atom is 0.283 e. The molecule has 0 spiro atoms. The molecule has 3 rings (SSSR count). The molecule has 3 N–H and O–H groups in total. The van der Waals surface area contributed by atoms with Crippen LogP contribution in [0.2, 0.25) is 0 Å². The summed E-state index contributed by atoms with van der Waals surface area (Å²) < 4.78 is 61.2. The smallest absolute Gasteiger partial charge is 0.283 e. The zero-order valence-electron chi connectivity index (χ0n) is 15.8. The third kappa shape index (κ3) is 4.34. The molecule has 0 bridgehead atoms. The third-order valence-corrected chi connectivity index (χ3v) is 4.75. The molecule has 11 heteroatoms. The maximum absolute atomic E-state index is 14.6. The van der Waals surface area contributed by atoms with Gasteiger partial charge in [0.15, 0.2) is 11.9 Å². The van der Waals surface area contributed by atoms with Gasteiger partial charge in [-0.2, -0.15) is 0 Å². The molecule has 0 unspecified atom stereocenters. The molecule has 0 aliphatic carbocycles. The minimum atomic E-state index is -3.37. The number of nitrogens with zero attached hydrogens (tertiary/aromatic N) is 2. The number of nitrogens with two attached hydrogens (primary N) is 1. The number of H-pyrrole nitrogens is 1. The van der Waals surface area contributed by atoms with E-state index >= 15 is 0 Å². The van der Waals surface area contributed by atoms with E-state index < -0.39 is 53.8 Å². The number of halogens is 4. The first-order chi connectivity index (χ1) is 14.0. The molecule has 0 fully saturated rings. The number of hydrogen-bond donors (Lipinski definition) is 2. The number of aromatic nitrogens is 2. The summed E-state index contributed by atoms with van der Waals surface area (Å²) >= 11 is 0. The summed E-state index contributed by atoms with van der Waals surface area (Å²) in [5.41, 5.74) is 2.90. The van der Waals surface area contributed by atoms with Gasteiger partial charge in [0.1, 0.15) is 23.7 Å². The first-order valence-electron chi connectivity index (χ1n) is 8.87. The van der Waals surface area contributed by atoms with Crippen LogP contribution in [0.4, 0.5) is 17.6 Å². The summed E-state index contributed by atoms with van der Waals surface area (Å²) in [5, 5.41) is 0. The largest absolute Gasteiger partial charge is 0.456 e. The van der Waals surface area contributed by atoms with E-state index in [1.54, 1.807) is 0 Å². The first-order valence-corrected chi connectivity index (χ1v) is 8.87. The van der Waals surface area contributed by atoms with Crippen LogP contribution in [0.1, 0.15) is 35.0 Å². The van der Waals surface area contributed by atoms with Crippen molar-refractivity contribution >= 4 is 11.8 Å². The van der Waals surface area contributed by atoms with Crippen molar-refractivity contribution in [1.82, 2.24) is 9.97 Å². The van der Waals surface area contributed by atoms with Gasteiger partial charge in [0.05, 0.1) is 6.20 Å². The monoisotopic (exact) mass is 426 g/mol. The van der Waals surface area contributed by atoms with Gasteiger partial charge in [-0.25, -0.2) is 27.5 Å². The van der Waals surface area contributed by atoms with Gasteiger partial charge in [0, 0.05) is 31.5 Å². The van der Waals surface area contributed by atoms with E-state index in [2.05, 4.69) is 15.0 Å². The lowest BCUT2D eigenvalue weighted by Gasteiger charge is -2.38. The number of aromatic amines is 1. The number of carbonyl (C=O) groups is 1. The third-order valence-electron chi connectivity index (χ3n) is 4.75. The average Bonchev–Trinajstić information content (AvgIpc) is 2.68. The van der Waals surface area contributed by atoms with E-state index in [-0.39, 0.29) is 23.2 Å². The van der Waals surface area contributed by atoms with Crippen LogP contribution in [0, 0.1) is 5.82 Å². The molecular formula is C19H18F4N4O3. The molecule has 0 amide bonds. The Morgan fingerprint density at radius 3 is 2.77 bits per heavy atom. The molecule has 1 aliphatic heterocycles. The minimum Gasteiger partial charge on any atom is -0.456 e. The van der Waals surface area contributed by atoms with E-state index in [0.717, 1.165) is 18.5 Å². The first kappa shape index (κ1) is 21.5. The molecule has 2 aromatic rings. The average molecular weight is 426 g/mol. The number of benzene rings is 1. The van der Waals surface area contributed by atoms with Gasteiger partial charge in [-0.05, 0) is 17.7 Å². The van der Waals surface area contributed by atoms with Crippen LogP contribution in [0.5, 0.6) is 0 Å². The Balaban J connectivity index is 1.97. The normalized spacial score (nSPS) is 21.6. The number of nitrogens with one attached hydrogen (secondary N) is 1. The lowest BCUT2D eigenvalue weighted by atomic mass is 9.82. The highest BCUT2D eigenvalue weighted by Crippen LogP contribution is 2.41. The zero-order valence-corrected chi connectivity index (χ0v) is 15.8. The Labute approximate surface area is 168 Å². The number of ketones is 1. The molecule has 160 valence electrons. The summed E-state index contributed by atoms with van der Waals surface area (Å²) in [6, 6.07) is 2.80. The number of Topliss-reactive ketones (excluding diaryl/α,β-unsaturated/α-hetero) is 1.